The standard InChI is InChI=1S/C13H22ClN3/c1-4-17-12(13(14)10(3)16-17)8-15-11-7-5-6-9(11)2/h9,11,15H,4-8H2,1-3H3. The van der Waals surface area contributed by atoms with Gasteiger partial charge in [0.25, 0.3) is 0 Å². The highest BCUT2D eigenvalue weighted by Crippen LogP contribution is 2.26. The number of halogens is 1. The van der Waals surface area contributed by atoms with Crippen LogP contribution in [0.25, 0.3) is 0 Å². The first-order valence-electron chi connectivity index (χ1n) is 6.58. The number of aryl methyl sites for hydroxylation is 2. The van der Waals surface area contributed by atoms with Crippen molar-refractivity contribution in [1.82, 2.24) is 15.1 Å². The zero-order valence-electron chi connectivity index (χ0n) is 11.0. The number of rotatable bonds is 4. The summed E-state index contributed by atoms with van der Waals surface area (Å²) >= 11 is 6.29. The highest BCUT2D eigenvalue weighted by molar-refractivity contribution is 6.31. The lowest BCUT2D eigenvalue weighted by atomic mass is 10.1. The van der Waals surface area contributed by atoms with Gasteiger partial charge in [0, 0.05) is 19.1 Å². The molecule has 0 radical (unpaired) electrons. The van der Waals surface area contributed by atoms with Crippen molar-refractivity contribution in [1.29, 1.82) is 0 Å². The normalized spacial score (nSPS) is 24.5. The lowest BCUT2D eigenvalue weighted by Gasteiger charge is -2.17. The fourth-order valence-corrected chi connectivity index (χ4v) is 2.92. The Balaban J connectivity index is 2.03. The van der Waals surface area contributed by atoms with Crippen LogP contribution >= 0.6 is 11.6 Å². The van der Waals surface area contributed by atoms with E-state index in [4.69, 9.17) is 11.6 Å². The molecule has 0 aliphatic heterocycles. The Kier molecular flexibility index (Phi) is 4.10. The topological polar surface area (TPSA) is 29.9 Å². The molecule has 1 heterocycles. The molecular weight excluding hydrogens is 234 g/mol. The third kappa shape index (κ3) is 2.66. The Labute approximate surface area is 109 Å². The smallest absolute Gasteiger partial charge is 0.0860 e. The molecule has 4 heteroatoms. The van der Waals surface area contributed by atoms with Crippen molar-refractivity contribution in [3.63, 3.8) is 0 Å². The molecule has 2 unspecified atom stereocenters. The van der Waals surface area contributed by atoms with E-state index in [2.05, 4.69) is 24.3 Å². The third-order valence-corrected chi connectivity index (χ3v) is 4.34. The van der Waals surface area contributed by atoms with Gasteiger partial charge in [-0.25, -0.2) is 0 Å². The van der Waals surface area contributed by atoms with Crippen LogP contribution in [0.2, 0.25) is 5.02 Å². The number of nitrogens with zero attached hydrogens (tertiary/aromatic N) is 2. The Morgan fingerprint density at radius 1 is 1.47 bits per heavy atom. The van der Waals surface area contributed by atoms with Crippen LogP contribution in [0, 0.1) is 12.8 Å². The minimum atomic E-state index is 0.645. The summed E-state index contributed by atoms with van der Waals surface area (Å²) < 4.78 is 2.00. The van der Waals surface area contributed by atoms with Crippen LogP contribution in [0.15, 0.2) is 0 Å². The van der Waals surface area contributed by atoms with Crippen LogP contribution in [0.3, 0.4) is 0 Å². The van der Waals surface area contributed by atoms with E-state index >= 15 is 0 Å². The van der Waals surface area contributed by atoms with Crippen LogP contribution in [0.4, 0.5) is 0 Å². The van der Waals surface area contributed by atoms with Crippen LogP contribution in [-0.2, 0) is 13.1 Å². The van der Waals surface area contributed by atoms with Gasteiger partial charge in [0.1, 0.15) is 0 Å². The zero-order chi connectivity index (χ0) is 12.4. The largest absolute Gasteiger partial charge is 0.308 e. The summed E-state index contributed by atoms with van der Waals surface area (Å²) in [6, 6.07) is 0.645. The van der Waals surface area contributed by atoms with Gasteiger partial charge in [-0.1, -0.05) is 24.9 Å². The molecule has 0 saturated heterocycles. The lowest BCUT2D eigenvalue weighted by molar-refractivity contribution is 0.417. The van der Waals surface area contributed by atoms with Gasteiger partial charge in [-0.2, -0.15) is 5.10 Å². The summed E-state index contributed by atoms with van der Waals surface area (Å²) in [5.41, 5.74) is 2.07. The molecule has 17 heavy (non-hydrogen) atoms. The highest BCUT2D eigenvalue weighted by atomic mass is 35.5. The average Bonchev–Trinajstić information content (AvgIpc) is 2.83. The molecule has 1 aliphatic carbocycles. The van der Waals surface area contributed by atoms with Gasteiger partial charge in [0.05, 0.1) is 16.4 Å². The second-order valence-corrected chi connectivity index (χ2v) is 5.44. The SMILES string of the molecule is CCn1nc(C)c(Cl)c1CNC1CCCC1C. The van der Waals surface area contributed by atoms with E-state index in [1.54, 1.807) is 0 Å². The van der Waals surface area contributed by atoms with Crippen molar-refractivity contribution >= 4 is 11.6 Å². The van der Waals surface area contributed by atoms with Crippen molar-refractivity contribution in [2.45, 2.75) is 59.2 Å². The quantitative estimate of drug-likeness (QED) is 0.896. The molecule has 2 atom stereocenters. The van der Waals surface area contributed by atoms with E-state index in [-0.39, 0.29) is 0 Å². The molecule has 1 fully saturated rings. The van der Waals surface area contributed by atoms with Crippen molar-refractivity contribution in [2.24, 2.45) is 5.92 Å². The van der Waals surface area contributed by atoms with Gasteiger partial charge in [0.2, 0.25) is 0 Å². The molecule has 3 nitrogen and oxygen atoms in total. The number of hydrogen-bond acceptors (Lipinski definition) is 2. The first-order chi connectivity index (χ1) is 8.13. The minimum Gasteiger partial charge on any atom is -0.308 e. The summed E-state index contributed by atoms with van der Waals surface area (Å²) in [4.78, 5) is 0. The first-order valence-corrected chi connectivity index (χ1v) is 6.96. The fraction of sp³-hybridized carbons (Fsp3) is 0.769. The van der Waals surface area contributed by atoms with Gasteiger partial charge in [-0.3, -0.25) is 4.68 Å². The lowest BCUT2D eigenvalue weighted by Crippen LogP contribution is -2.31. The van der Waals surface area contributed by atoms with Gasteiger partial charge in [-0.05, 0) is 32.6 Å². The molecule has 1 saturated carbocycles. The summed E-state index contributed by atoms with van der Waals surface area (Å²) in [5, 5.41) is 8.89. The monoisotopic (exact) mass is 255 g/mol. The molecule has 96 valence electrons. The molecule has 1 N–H and O–H groups in total. The molecule has 0 spiro atoms. The molecule has 1 aromatic rings. The molecular formula is C13H22ClN3. The maximum atomic E-state index is 6.29. The predicted octanol–water partition coefficient (Wildman–Crippen LogP) is 3.14. The van der Waals surface area contributed by atoms with Crippen LogP contribution in [0.1, 0.15) is 44.5 Å². The van der Waals surface area contributed by atoms with Gasteiger partial charge in [0.15, 0.2) is 0 Å². The summed E-state index contributed by atoms with van der Waals surface area (Å²) in [6.45, 7) is 8.11. The van der Waals surface area contributed by atoms with Crippen LogP contribution in [-0.4, -0.2) is 15.8 Å². The van der Waals surface area contributed by atoms with E-state index in [0.717, 1.165) is 35.4 Å². The Hall–Kier alpha value is -0.540. The summed E-state index contributed by atoms with van der Waals surface area (Å²) in [5.74, 6) is 0.785. The van der Waals surface area contributed by atoms with Gasteiger partial charge in [-0.15, -0.1) is 0 Å². The molecule has 1 aliphatic rings. The second-order valence-electron chi connectivity index (χ2n) is 5.06. The van der Waals surface area contributed by atoms with E-state index < -0.39 is 0 Å². The zero-order valence-corrected chi connectivity index (χ0v) is 11.7. The van der Waals surface area contributed by atoms with Crippen molar-refractivity contribution < 1.29 is 0 Å². The molecule has 0 bridgehead atoms. The average molecular weight is 256 g/mol. The predicted molar refractivity (Wildman–Crippen MR) is 71.3 cm³/mol. The summed E-state index contributed by atoms with van der Waals surface area (Å²) in [7, 11) is 0. The number of nitrogens with one attached hydrogen (secondary N) is 1. The fourth-order valence-electron chi connectivity index (χ4n) is 2.71. The van der Waals surface area contributed by atoms with Gasteiger partial charge < -0.3 is 5.32 Å². The third-order valence-electron chi connectivity index (χ3n) is 3.85. The van der Waals surface area contributed by atoms with Crippen molar-refractivity contribution in [2.75, 3.05) is 0 Å². The number of hydrogen-bond donors (Lipinski definition) is 1. The van der Waals surface area contributed by atoms with Crippen LogP contribution < -0.4 is 5.32 Å². The van der Waals surface area contributed by atoms with E-state index in [0.29, 0.717) is 6.04 Å². The Bertz CT molecular complexity index is 386. The molecule has 2 rings (SSSR count). The van der Waals surface area contributed by atoms with Crippen molar-refractivity contribution in [3.8, 4) is 0 Å². The first kappa shape index (κ1) is 12.9. The van der Waals surface area contributed by atoms with E-state index in [1.165, 1.54) is 19.3 Å². The summed E-state index contributed by atoms with van der Waals surface area (Å²) in [6.07, 6.45) is 3.98. The number of aromatic nitrogens is 2. The van der Waals surface area contributed by atoms with Crippen molar-refractivity contribution in [3.05, 3.63) is 16.4 Å². The highest BCUT2D eigenvalue weighted by Gasteiger charge is 2.23. The van der Waals surface area contributed by atoms with E-state index in [9.17, 15) is 0 Å². The maximum absolute atomic E-state index is 6.29. The Morgan fingerprint density at radius 2 is 2.24 bits per heavy atom. The molecule has 0 amide bonds. The second kappa shape index (κ2) is 5.40. The van der Waals surface area contributed by atoms with Gasteiger partial charge >= 0.3 is 0 Å². The van der Waals surface area contributed by atoms with Crippen LogP contribution in [0.5, 0.6) is 0 Å². The minimum absolute atomic E-state index is 0.645. The molecule has 0 aromatic carbocycles. The maximum Gasteiger partial charge on any atom is 0.0860 e. The molecule has 1 aromatic heterocycles. The Morgan fingerprint density at radius 3 is 2.82 bits per heavy atom. The van der Waals surface area contributed by atoms with E-state index in [1.807, 2.05) is 11.6 Å².